The summed E-state index contributed by atoms with van der Waals surface area (Å²) in [4.78, 5) is 15.4. The number of hydrogen-bond donors (Lipinski definition) is 1. The van der Waals surface area contributed by atoms with Gasteiger partial charge in [0.2, 0.25) is 0 Å². The van der Waals surface area contributed by atoms with Gasteiger partial charge in [-0.1, -0.05) is 30.3 Å². The quantitative estimate of drug-likeness (QED) is 0.550. The fraction of sp³-hybridized carbons (Fsp3) is 0.105. The standard InChI is InChI=1S/C19H13F3N4/c1-11-3-2-8-23-16(11)12-4-6-13(7-5-12)17-25-15-9-14(19(20,21)22)10-24-18(15)26-17/h2-10H,1H3,(H,24,25,26). The number of rotatable bonds is 2. The van der Waals surface area contributed by atoms with Crippen LogP contribution in [-0.4, -0.2) is 19.9 Å². The van der Waals surface area contributed by atoms with Crippen LogP contribution in [0.15, 0.2) is 54.9 Å². The summed E-state index contributed by atoms with van der Waals surface area (Å²) in [5.74, 6) is 0.469. The third-order valence-corrected chi connectivity index (χ3v) is 4.11. The molecule has 0 saturated heterocycles. The number of H-pyrrole nitrogens is 1. The highest BCUT2D eigenvalue weighted by Gasteiger charge is 2.31. The third-order valence-electron chi connectivity index (χ3n) is 4.11. The lowest BCUT2D eigenvalue weighted by atomic mass is 10.0. The minimum Gasteiger partial charge on any atom is -0.337 e. The highest BCUT2D eigenvalue weighted by atomic mass is 19.4. The van der Waals surface area contributed by atoms with Crippen LogP contribution in [0.1, 0.15) is 11.1 Å². The Labute approximate surface area is 146 Å². The van der Waals surface area contributed by atoms with Gasteiger partial charge in [-0.15, -0.1) is 0 Å². The molecule has 0 fully saturated rings. The molecule has 1 aromatic carbocycles. The first kappa shape index (κ1) is 16.3. The predicted molar refractivity (Wildman–Crippen MR) is 92.3 cm³/mol. The molecule has 26 heavy (non-hydrogen) atoms. The minimum atomic E-state index is -4.44. The molecule has 0 spiro atoms. The minimum absolute atomic E-state index is 0.248. The molecule has 0 aliphatic carbocycles. The maximum atomic E-state index is 12.8. The normalized spacial score (nSPS) is 11.8. The van der Waals surface area contributed by atoms with Gasteiger partial charge in [0.15, 0.2) is 5.65 Å². The van der Waals surface area contributed by atoms with Crippen LogP contribution in [0, 0.1) is 6.92 Å². The summed E-state index contributed by atoms with van der Waals surface area (Å²) < 4.78 is 38.4. The molecule has 1 N–H and O–H groups in total. The van der Waals surface area contributed by atoms with Crippen molar-refractivity contribution in [2.45, 2.75) is 13.1 Å². The molecule has 0 saturated carbocycles. The van der Waals surface area contributed by atoms with Gasteiger partial charge in [0.25, 0.3) is 0 Å². The third kappa shape index (κ3) is 2.92. The van der Waals surface area contributed by atoms with E-state index in [0.717, 1.165) is 34.6 Å². The first-order valence-electron chi connectivity index (χ1n) is 7.87. The van der Waals surface area contributed by atoms with Crippen molar-refractivity contribution in [2.24, 2.45) is 0 Å². The molecular weight excluding hydrogens is 341 g/mol. The van der Waals surface area contributed by atoms with Gasteiger partial charge in [-0.25, -0.2) is 9.97 Å². The topological polar surface area (TPSA) is 54.5 Å². The van der Waals surface area contributed by atoms with E-state index in [2.05, 4.69) is 19.9 Å². The summed E-state index contributed by atoms with van der Waals surface area (Å²) in [6.45, 7) is 1.99. The molecule has 3 heterocycles. The van der Waals surface area contributed by atoms with Crippen LogP contribution < -0.4 is 0 Å². The van der Waals surface area contributed by atoms with E-state index >= 15 is 0 Å². The predicted octanol–water partition coefficient (Wildman–Crippen LogP) is 5.01. The van der Waals surface area contributed by atoms with Crippen molar-refractivity contribution >= 4 is 11.2 Å². The molecule has 0 bridgehead atoms. The first-order chi connectivity index (χ1) is 12.4. The molecule has 130 valence electrons. The Morgan fingerprint density at radius 1 is 0.962 bits per heavy atom. The number of nitrogens with one attached hydrogen (secondary N) is 1. The zero-order valence-electron chi connectivity index (χ0n) is 13.7. The van der Waals surface area contributed by atoms with Crippen LogP contribution in [0.5, 0.6) is 0 Å². The Balaban J connectivity index is 1.70. The maximum absolute atomic E-state index is 12.8. The van der Waals surface area contributed by atoms with Crippen LogP contribution in [-0.2, 0) is 6.18 Å². The number of aryl methyl sites for hydroxylation is 1. The molecule has 4 nitrogen and oxygen atoms in total. The van der Waals surface area contributed by atoms with Crippen molar-refractivity contribution in [3.8, 4) is 22.6 Å². The number of imidazole rings is 1. The smallest absolute Gasteiger partial charge is 0.337 e. The van der Waals surface area contributed by atoms with Gasteiger partial charge in [-0.3, -0.25) is 4.98 Å². The van der Waals surface area contributed by atoms with Crippen molar-refractivity contribution < 1.29 is 13.2 Å². The second kappa shape index (κ2) is 5.94. The average Bonchev–Trinajstić information content (AvgIpc) is 3.05. The van der Waals surface area contributed by atoms with E-state index in [4.69, 9.17) is 0 Å². The summed E-state index contributed by atoms with van der Waals surface area (Å²) in [5.41, 5.74) is 3.36. The van der Waals surface area contributed by atoms with Gasteiger partial charge in [0.05, 0.1) is 16.8 Å². The van der Waals surface area contributed by atoms with Crippen molar-refractivity contribution in [3.63, 3.8) is 0 Å². The molecule has 7 heteroatoms. The molecule has 3 aromatic heterocycles. The lowest BCUT2D eigenvalue weighted by Crippen LogP contribution is -2.05. The molecule has 4 rings (SSSR count). The molecule has 0 radical (unpaired) electrons. The Kier molecular flexibility index (Phi) is 3.72. The van der Waals surface area contributed by atoms with Crippen LogP contribution in [0.25, 0.3) is 33.8 Å². The lowest BCUT2D eigenvalue weighted by Gasteiger charge is -2.05. The number of pyridine rings is 2. The maximum Gasteiger partial charge on any atom is 0.417 e. The van der Waals surface area contributed by atoms with Crippen molar-refractivity contribution in [3.05, 3.63) is 66.0 Å². The number of aromatic amines is 1. The number of halogens is 3. The van der Waals surface area contributed by atoms with Gasteiger partial charge in [-0.2, -0.15) is 13.2 Å². The van der Waals surface area contributed by atoms with E-state index in [1.165, 1.54) is 0 Å². The fourth-order valence-corrected chi connectivity index (χ4v) is 2.77. The molecule has 0 atom stereocenters. The second-order valence-electron chi connectivity index (χ2n) is 5.92. The highest BCUT2D eigenvalue weighted by molar-refractivity contribution is 5.77. The molecule has 0 aliphatic heterocycles. The molecular formula is C19H13F3N4. The van der Waals surface area contributed by atoms with Crippen LogP contribution >= 0.6 is 0 Å². The number of benzene rings is 1. The number of nitrogens with zero attached hydrogens (tertiary/aromatic N) is 3. The summed E-state index contributed by atoms with van der Waals surface area (Å²) in [6.07, 6.45) is -1.91. The Morgan fingerprint density at radius 2 is 1.69 bits per heavy atom. The van der Waals surface area contributed by atoms with E-state index in [-0.39, 0.29) is 11.2 Å². The summed E-state index contributed by atoms with van der Waals surface area (Å²) in [7, 11) is 0. The number of fused-ring (bicyclic) bond motifs is 1. The van der Waals surface area contributed by atoms with Gasteiger partial charge in [0, 0.05) is 23.5 Å². The van der Waals surface area contributed by atoms with Crippen LogP contribution in [0.4, 0.5) is 13.2 Å². The molecule has 4 aromatic rings. The summed E-state index contributed by atoms with van der Waals surface area (Å²) >= 11 is 0. The monoisotopic (exact) mass is 354 g/mol. The zero-order valence-corrected chi connectivity index (χ0v) is 13.7. The largest absolute Gasteiger partial charge is 0.417 e. The summed E-state index contributed by atoms with van der Waals surface area (Å²) in [5, 5.41) is 0. The van der Waals surface area contributed by atoms with Crippen molar-refractivity contribution in [1.82, 2.24) is 19.9 Å². The number of alkyl halides is 3. The highest BCUT2D eigenvalue weighted by Crippen LogP contribution is 2.31. The average molecular weight is 354 g/mol. The van der Waals surface area contributed by atoms with Gasteiger partial charge in [0.1, 0.15) is 5.82 Å². The molecule has 0 amide bonds. The van der Waals surface area contributed by atoms with E-state index in [1.54, 1.807) is 6.20 Å². The summed E-state index contributed by atoms with van der Waals surface area (Å²) in [6, 6.07) is 12.4. The van der Waals surface area contributed by atoms with E-state index in [0.29, 0.717) is 5.82 Å². The van der Waals surface area contributed by atoms with Crippen LogP contribution in [0.3, 0.4) is 0 Å². The van der Waals surface area contributed by atoms with E-state index < -0.39 is 11.7 Å². The Morgan fingerprint density at radius 3 is 2.38 bits per heavy atom. The number of aromatic nitrogens is 4. The SMILES string of the molecule is Cc1cccnc1-c1ccc(-c2nc3ncc(C(F)(F)F)cc3[nH]2)cc1. The van der Waals surface area contributed by atoms with Crippen molar-refractivity contribution in [1.29, 1.82) is 0 Å². The van der Waals surface area contributed by atoms with E-state index in [1.807, 2.05) is 43.3 Å². The second-order valence-corrected chi connectivity index (χ2v) is 5.92. The first-order valence-corrected chi connectivity index (χ1v) is 7.87. The number of hydrogen-bond acceptors (Lipinski definition) is 3. The fourth-order valence-electron chi connectivity index (χ4n) is 2.77. The molecule has 0 unspecified atom stereocenters. The van der Waals surface area contributed by atoms with Crippen molar-refractivity contribution in [2.75, 3.05) is 0 Å². The van der Waals surface area contributed by atoms with Crippen LogP contribution in [0.2, 0.25) is 0 Å². The Hall–Kier alpha value is -3.22. The molecule has 0 aliphatic rings. The van der Waals surface area contributed by atoms with Gasteiger partial charge >= 0.3 is 6.18 Å². The zero-order chi connectivity index (χ0) is 18.3. The Bertz CT molecular complexity index is 1080. The van der Waals surface area contributed by atoms with E-state index in [9.17, 15) is 13.2 Å². The van der Waals surface area contributed by atoms with Gasteiger partial charge in [-0.05, 0) is 24.6 Å². The lowest BCUT2D eigenvalue weighted by molar-refractivity contribution is -0.137. The van der Waals surface area contributed by atoms with Gasteiger partial charge < -0.3 is 4.98 Å².